The minimum absolute atomic E-state index is 0.150. The van der Waals surface area contributed by atoms with Crippen molar-refractivity contribution < 1.29 is 18.7 Å². The molecular weight excluding hydrogens is 349 g/mol. The molecule has 1 aliphatic rings. The third-order valence-corrected chi connectivity index (χ3v) is 4.56. The van der Waals surface area contributed by atoms with Gasteiger partial charge in [-0.2, -0.15) is 0 Å². The van der Waals surface area contributed by atoms with Crippen LogP contribution in [-0.2, 0) is 4.74 Å². The predicted octanol–water partition coefficient (Wildman–Crippen LogP) is 2.93. The molecule has 0 spiro atoms. The van der Waals surface area contributed by atoms with E-state index in [2.05, 4.69) is 9.88 Å². The van der Waals surface area contributed by atoms with Crippen LogP contribution in [0, 0.1) is 5.82 Å². The molecule has 2 aromatic rings. The summed E-state index contributed by atoms with van der Waals surface area (Å²) in [4.78, 5) is 31.5. The third-order valence-electron chi connectivity index (χ3n) is 4.56. The first-order valence-electron chi connectivity index (χ1n) is 8.93. The summed E-state index contributed by atoms with van der Waals surface area (Å²) in [6.45, 7) is 6.14. The summed E-state index contributed by atoms with van der Waals surface area (Å²) in [6.07, 6.45) is 1.51. The highest BCUT2D eigenvalue weighted by Gasteiger charge is 2.21. The number of rotatable bonds is 5. The Morgan fingerprint density at radius 1 is 1.07 bits per heavy atom. The van der Waals surface area contributed by atoms with Gasteiger partial charge in [0.05, 0.1) is 17.9 Å². The lowest BCUT2D eigenvalue weighted by molar-refractivity contribution is 0.0525. The van der Waals surface area contributed by atoms with E-state index in [1.54, 1.807) is 31.2 Å². The topological polar surface area (TPSA) is 62.7 Å². The highest BCUT2D eigenvalue weighted by Crippen LogP contribution is 2.23. The molecule has 1 saturated heterocycles. The van der Waals surface area contributed by atoms with Crippen molar-refractivity contribution in [1.82, 2.24) is 4.98 Å². The molecule has 0 amide bonds. The van der Waals surface area contributed by atoms with Gasteiger partial charge in [-0.25, -0.2) is 14.2 Å². The van der Waals surface area contributed by atoms with Crippen LogP contribution in [0.3, 0.4) is 0 Å². The monoisotopic (exact) mass is 371 g/mol. The molecule has 0 N–H and O–H groups in total. The molecule has 1 aromatic carbocycles. The van der Waals surface area contributed by atoms with E-state index in [9.17, 15) is 14.0 Å². The lowest BCUT2D eigenvalue weighted by Crippen LogP contribution is -2.47. The number of Topliss-reactive ketones (excluding diaryl/α,β-unsaturated/α-hetero) is 1. The zero-order chi connectivity index (χ0) is 19.4. The average molecular weight is 371 g/mol. The van der Waals surface area contributed by atoms with E-state index in [1.807, 2.05) is 4.90 Å². The van der Waals surface area contributed by atoms with Gasteiger partial charge >= 0.3 is 5.97 Å². The summed E-state index contributed by atoms with van der Waals surface area (Å²) in [6, 6.07) is 8.10. The molecule has 1 aromatic heterocycles. The Morgan fingerprint density at radius 3 is 2.30 bits per heavy atom. The fourth-order valence-corrected chi connectivity index (χ4v) is 3.07. The van der Waals surface area contributed by atoms with Crippen LogP contribution in [0.15, 0.2) is 36.5 Å². The van der Waals surface area contributed by atoms with E-state index in [4.69, 9.17) is 4.74 Å². The zero-order valence-electron chi connectivity index (χ0n) is 15.4. The summed E-state index contributed by atoms with van der Waals surface area (Å²) in [5.41, 5.74) is 1.30. The number of carbonyl (C=O) groups excluding carboxylic acids is 2. The van der Waals surface area contributed by atoms with Crippen LogP contribution in [0.2, 0.25) is 0 Å². The minimum Gasteiger partial charge on any atom is -0.462 e. The quantitative estimate of drug-likeness (QED) is 0.595. The maximum Gasteiger partial charge on any atom is 0.339 e. The van der Waals surface area contributed by atoms with Gasteiger partial charge in [0.1, 0.15) is 11.6 Å². The molecular formula is C20H22FN3O3. The Hall–Kier alpha value is -2.96. The molecule has 27 heavy (non-hydrogen) atoms. The molecule has 0 unspecified atom stereocenters. The summed E-state index contributed by atoms with van der Waals surface area (Å²) < 4.78 is 19.3. The van der Waals surface area contributed by atoms with Gasteiger partial charge in [0, 0.05) is 37.9 Å². The number of aromatic nitrogens is 1. The van der Waals surface area contributed by atoms with E-state index >= 15 is 0 Å². The van der Waals surface area contributed by atoms with Gasteiger partial charge in [-0.1, -0.05) is 0 Å². The SMILES string of the molecule is CCOC(=O)c1ccc(N2CCN(c3ccc(C(C)=O)cc3F)CC2)nc1. The second-order valence-electron chi connectivity index (χ2n) is 6.32. The number of carbonyl (C=O) groups is 2. The second-order valence-corrected chi connectivity index (χ2v) is 6.32. The summed E-state index contributed by atoms with van der Waals surface area (Å²) >= 11 is 0. The lowest BCUT2D eigenvalue weighted by Gasteiger charge is -2.36. The fourth-order valence-electron chi connectivity index (χ4n) is 3.07. The number of halogens is 1. The van der Waals surface area contributed by atoms with Crippen molar-refractivity contribution in [3.63, 3.8) is 0 Å². The number of nitrogens with zero attached hydrogens (tertiary/aromatic N) is 3. The number of hydrogen-bond donors (Lipinski definition) is 0. The van der Waals surface area contributed by atoms with Crippen molar-refractivity contribution in [2.75, 3.05) is 42.6 Å². The molecule has 0 saturated carbocycles. The molecule has 1 fully saturated rings. The number of anilines is 2. The number of piperazine rings is 1. The molecule has 142 valence electrons. The van der Waals surface area contributed by atoms with Crippen molar-refractivity contribution in [3.05, 3.63) is 53.5 Å². The predicted molar refractivity (Wildman–Crippen MR) is 101 cm³/mol. The summed E-state index contributed by atoms with van der Waals surface area (Å²) in [7, 11) is 0. The number of ketones is 1. The van der Waals surface area contributed by atoms with Crippen molar-refractivity contribution in [1.29, 1.82) is 0 Å². The van der Waals surface area contributed by atoms with Gasteiger partial charge in [-0.15, -0.1) is 0 Å². The highest BCUT2D eigenvalue weighted by molar-refractivity contribution is 5.94. The first-order chi connectivity index (χ1) is 13.0. The van der Waals surface area contributed by atoms with E-state index in [1.165, 1.54) is 19.2 Å². The Balaban J connectivity index is 1.63. The van der Waals surface area contributed by atoms with Crippen LogP contribution in [0.5, 0.6) is 0 Å². The Bertz CT molecular complexity index is 831. The Morgan fingerprint density at radius 2 is 1.74 bits per heavy atom. The average Bonchev–Trinajstić information content (AvgIpc) is 2.68. The van der Waals surface area contributed by atoms with E-state index in [0.717, 1.165) is 5.82 Å². The van der Waals surface area contributed by atoms with Gasteiger partial charge in [-0.3, -0.25) is 4.79 Å². The Labute approximate surface area is 157 Å². The molecule has 2 heterocycles. The first kappa shape index (κ1) is 18.8. The number of benzene rings is 1. The van der Waals surface area contributed by atoms with Crippen LogP contribution in [0.25, 0.3) is 0 Å². The normalized spacial score (nSPS) is 14.2. The molecule has 7 heteroatoms. The number of pyridine rings is 1. The maximum atomic E-state index is 14.3. The van der Waals surface area contributed by atoms with Crippen LogP contribution in [0.1, 0.15) is 34.6 Å². The van der Waals surface area contributed by atoms with Crippen LogP contribution < -0.4 is 9.80 Å². The van der Waals surface area contributed by atoms with Crippen molar-refractivity contribution in [2.24, 2.45) is 0 Å². The highest BCUT2D eigenvalue weighted by atomic mass is 19.1. The third kappa shape index (κ3) is 4.24. The lowest BCUT2D eigenvalue weighted by atomic mass is 10.1. The smallest absolute Gasteiger partial charge is 0.339 e. The van der Waals surface area contributed by atoms with Gasteiger partial charge in [0.2, 0.25) is 0 Å². The molecule has 0 bridgehead atoms. The Kier molecular flexibility index (Phi) is 5.69. The van der Waals surface area contributed by atoms with Crippen LogP contribution in [0.4, 0.5) is 15.9 Å². The number of esters is 1. The van der Waals surface area contributed by atoms with Gasteiger partial charge in [0.15, 0.2) is 5.78 Å². The van der Waals surface area contributed by atoms with Crippen molar-refractivity contribution in [2.45, 2.75) is 13.8 Å². The molecule has 0 atom stereocenters. The molecule has 0 aliphatic carbocycles. The van der Waals surface area contributed by atoms with Gasteiger partial charge in [0.25, 0.3) is 0 Å². The molecule has 0 radical (unpaired) electrons. The van der Waals surface area contributed by atoms with Crippen LogP contribution >= 0.6 is 0 Å². The first-order valence-corrected chi connectivity index (χ1v) is 8.93. The summed E-state index contributed by atoms with van der Waals surface area (Å²) in [5.74, 6) is -0.142. The van der Waals surface area contributed by atoms with Crippen molar-refractivity contribution >= 4 is 23.3 Å². The van der Waals surface area contributed by atoms with Gasteiger partial charge in [-0.05, 0) is 44.2 Å². The zero-order valence-corrected chi connectivity index (χ0v) is 15.4. The number of hydrogen-bond acceptors (Lipinski definition) is 6. The van der Waals surface area contributed by atoms with E-state index in [0.29, 0.717) is 49.6 Å². The molecule has 1 aliphatic heterocycles. The van der Waals surface area contributed by atoms with Crippen LogP contribution in [-0.4, -0.2) is 49.5 Å². The molecule has 3 rings (SSSR count). The van der Waals surface area contributed by atoms with Gasteiger partial charge < -0.3 is 14.5 Å². The standard InChI is InChI=1S/C20H22FN3O3/c1-3-27-20(26)16-5-7-19(22-13-16)24-10-8-23(9-11-24)18-6-4-15(14(2)25)12-17(18)21/h4-7,12-13H,3,8-11H2,1-2H3. The number of ether oxygens (including phenoxy) is 1. The molecule has 6 nitrogen and oxygen atoms in total. The van der Waals surface area contributed by atoms with Crippen molar-refractivity contribution in [3.8, 4) is 0 Å². The second kappa shape index (κ2) is 8.16. The maximum absolute atomic E-state index is 14.3. The van der Waals surface area contributed by atoms with E-state index in [-0.39, 0.29) is 17.6 Å². The van der Waals surface area contributed by atoms with E-state index < -0.39 is 0 Å². The summed E-state index contributed by atoms with van der Waals surface area (Å²) in [5, 5.41) is 0. The minimum atomic E-state index is -0.383. The fraction of sp³-hybridized carbons (Fsp3) is 0.350. The largest absolute Gasteiger partial charge is 0.462 e.